The van der Waals surface area contributed by atoms with E-state index >= 15 is 0 Å². The van der Waals surface area contributed by atoms with E-state index in [0.717, 1.165) is 31.0 Å². The minimum Gasteiger partial charge on any atom is -0.462 e. The summed E-state index contributed by atoms with van der Waals surface area (Å²) in [6.45, 7) is 2.96. The molecular weight excluding hydrogens is 224 g/mol. The molecule has 16 heavy (non-hydrogen) atoms. The van der Waals surface area contributed by atoms with Gasteiger partial charge in [0.1, 0.15) is 12.0 Å². The van der Waals surface area contributed by atoms with Crippen molar-refractivity contribution in [1.29, 1.82) is 0 Å². The molecule has 0 saturated carbocycles. The normalized spacial score (nSPS) is 21.4. The van der Waals surface area contributed by atoms with Crippen LogP contribution in [0.1, 0.15) is 11.6 Å². The summed E-state index contributed by atoms with van der Waals surface area (Å²) in [6.07, 6.45) is 1.59. The van der Waals surface area contributed by atoms with Crippen molar-refractivity contribution in [2.75, 3.05) is 19.6 Å². The molecule has 0 amide bonds. The second kappa shape index (κ2) is 4.09. The lowest BCUT2D eigenvalue weighted by Crippen LogP contribution is -2.42. The highest BCUT2D eigenvalue weighted by atomic mass is 35.5. The van der Waals surface area contributed by atoms with Crippen LogP contribution in [-0.4, -0.2) is 19.6 Å². The van der Waals surface area contributed by atoms with Crippen LogP contribution in [0.3, 0.4) is 0 Å². The van der Waals surface area contributed by atoms with E-state index in [-0.39, 0.29) is 0 Å². The minimum absolute atomic E-state index is 0.330. The zero-order chi connectivity index (χ0) is 11.0. The maximum absolute atomic E-state index is 5.89. The molecule has 0 aromatic carbocycles. The molecule has 1 aliphatic carbocycles. The number of nitrogens with one attached hydrogen (secondary N) is 2. The van der Waals surface area contributed by atoms with Crippen LogP contribution in [0.5, 0.6) is 0 Å². The summed E-state index contributed by atoms with van der Waals surface area (Å²) < 4.78 is 5.57. The molecule has 84 valence electrons. The first kappa shape index (κ1) is 10.1. The van der Waals surface area contributed by atoms with E-state index in [9.17, 15) is 0 Å². The van der Waals surface area contributed by atoms with Gasteiger partial charge >= 0.3 is 0 Å². The number of rotatable bonds is 1. The van der Waals surface area contributed by atoms with Crippen LogP contribution in [0.25, 0.3) is 11.3 Å². The Balaban J connectivity index is 1.98. The van der Waals surface area contributed by atoms with Gasteiger partial charge in [0, 0.05) is 36.8 Å². The Morgan fingerprint density at radius 1 is 1.31 bits per heavy atom. The van der Waals surface area contributed by atoms with Crippen LogP contribution < -0.4 is 10.6 Å². The van der Waals surface area contributed by atoms with Gasteiger partial charge in [0.2, 0.25) is 0 Å². The molecule has 0 aromatic heterocycles. The Morgan fingerprint density at radius 2 is 2.25 bits per heavy atom. The van der Waals surface area contributed by atoms with Crippen molar-refractivity contribution in [3.05, 3.63) is 35.0 Å². The molecule has 2 N–H and O–H groups in total. The van der Waals surface area contributed by atoms with Crippen molar-refractivity contribution in [1.82, 2.24) is 10.6 Å². The number of fused-ring (bicyclic) bond motifs is 1. The first-order valence-corrected chi connectivity index (χ1v) is 5.83. The van der Waals surface area contributed by atoms with Crippen molar-refractivity contribution in [2.45, 2.75) is 6.04 Å². The molecule has 2 heterocycles. The van der Waals surface area contributed by atoms with Crippen LogP contribution in [0, 0.1) is 0 Å². The molecule has 1 fully saturated rings. The molecule has 4 heteroatoms. The van der Waals surface area contributed by atoms with Crippen LogP contribution in [-0.2, 0) is 0 Å². The fourth-order valence-corrected chi connectivity index (χ4v) is 2.35. The van der Waals surface area contributed by atoms with Crippen molar-refractivity contribution in [3.63, 3.8) is 0 Å². The van der Waals surface area contributed by atoms with Gasteiger partial charge in [0.15, 0.2) is 0 Å². The fraction of sp³-hybridized carbons (Fsp3) is 0.333. The first-order valence-electron chi connectivity index (χ1n) is 5.45. The van der Waals surface area contributed by atoms with E-state index in [1.165, 1.54) is 5.56 Å². The summed E-state index contributed by atoms with van der Waals surface area (Å²) in [5.74, 6) is 0.936. The Morgan fingerprint density at radius 3 is 3.06 bits per heavy atom. The third kappa shape index (κ3) is 1.71. The van der Waals surface area contributed by atoms with Crippen LogP contribution in [0.4, 0.5) is 0 Å². The van der Waals surface area contributed by atoms with Gasteiger partial charge in [0.05, 0.1) is 5.02 Å². The van der Waals surface area contributed by atoms with Crippen molar-refractivity contribution in [2.24, 2.45) is 0 Å². The molecule has 0 radical (unpaired) electrons. The highest BCUT2D eigenvalue weighted by Crippen LogP contribution is 2.34. The topological polar surface area (TPSA) is 37.2 Å². The maximum Gasteiger partial charge on any atom is 0.138 e. The molecule has 0 bridgehead atoms. The maximum atomic E-state index is 5.89. The molecule has 1 saturated heterocycles. The number of hydrogen-bond donors (Lipinski definition) is 2. The predicted molar refractivity (Wildman–Crippen MR) is 64.0 cm³/mol. The standard InChI is InChI=1S/C12H13ClN2O/c13-9-5-8-1-2-10(12(8)16-7-9)11-6-14-3-4-15-11/h1-2,5,7,11,14-15H,3-4,6H2. The molecule has 1 unspecified atom stereocenters. The number of halogens is 1. The Labute approximate surface area is 99.1 Å². The SMILES string of the molecule is Clc1coc2c(C3CNCCN3)ccc-2c1. The summed E-state index contributed by atoms with van der Waals surface area (Å²) in [4.78, 5) is 0. The first-order chi connectivity index (χ1) is 7.84. The zero-order valence-electron chi connectivity index (χ0n) is 8.79. The van der Waals surface area contributed by atoms with Crippen molar-refractivity contribution >= 4 is 11.6 Å². The van der Waals surface area contributed by atoms with Gasteiger partial charge < -0.3 is 15.1 Å². The molecule has 3 aliphatic rings. The Kier molecular flexibility index (Phi) is 2.59. The fourth-order valence-electron chi connectivity index (χ4n) is 2.19. The predicted octanol–water partition coefficient (Wildman–Crippen LogP) is 2.27. The van der Waals surface area contributed by atoms with E-state index in [1.807, 2.05) is 6.07 Å². The van der Waals surface area contributed by atoms with Gasteiger partial charge in [-0.15, -0.1) is 0 Å². The van der Waals surface area contributed by atoms with E-state index in [0.29, 0.717) is 11.1 Å². The number of piperazine rings is 1. The molecule has 3 rings (SSSR count). The molecule has 2 aliphatic heterocycles. The summed E-state index contributed by atoms with van der Waals surface area (Å²) in [7, 11) is 0. The molecule has 0 spiro atoms. The van der Waals surface area contributed by atoms with Crippen LogP contribution in [0.15, 0.2) is 28.9 Å². The van der Waals surface area contributed by atoms with Gasteiger partial charge in [-0.05, 0) is 6.07 Å². The van der Waals surface area contributed by atoms with E-state index < -0.39 is 0 Å². The Hall–Kier alpha value is -1.03. The smallest absolute Gasteiger partial charge is 0.138 e. The summed E-state index contributed by atoms with van der Waals surface area (Å²) in [5, 5.41) is 7.48. The van der Waals surface area contributed by atoms with Crippen LogP contribution >= 0.6 is 11.6 Å². The highest BCUT2D eigenvalue weighted by Gasteiger charge is 2.21. The van der Waals surface area contributed by atoms with Gasteiger partial charge in [-0.3, -0.25) is 0 Å². The summed E-state index contributed by atoms with van der Waals surface area (Å²) in [5.41, 5.74) is 2.27. The number of hydrogen-bond acceptors (Lipinski definition) is 3. The summed E-state index contributed by atoms with van der Waals surface area (Å²) in [6, 6.07) is 6.42. The van der Waals surface area contributed by atoms with E-state index in [4.69, 9.17) is 16.0 Å². The molecule has 0 aromatic rings. The molecule has 1 atom stereocenters. The van der Waals surface area contributed by atoms with E-state index in [2.05, 4.69) is 22.8 Å². The second-order valence-corrected chi connectivity index (χ2v) is 4.49. The lowest BCUT2D eigenvalue weighted by molar-refractivity contribution is 0.424. The molecular formula is C12H13ClN2O. The van der Waals surface area contributed by atoms with E-state index in [1.54, 1.807) is 6.26 Å². The summed E-state index contributed by atoms with van der Waals surface area (Å²) >= 11 is 5.89. The second-order valence-electron chi connectivity index (χ2n) is 4.05. The third-order valence-corrected chi connectivity index (χ3v) is 3.16. The van der Waals surface area contributed by atoms with Gasteiger partial charge in [-0.2, -0.15) is 0 Å². The third-order valence-electron chi connectivity index (χ3n) is 2.97. The van der Waals surface area contributed by atoms with Gasteiger partial charge in [0.25, 0.3) is 0 Å². The average molecular weight is 237 g/mol. The van der Waals surface area contributed by atoms with Gasteiger partial charge in [-0.25, -0.2) is 0 Å². The van der Waals surface area contributed by atoms with Crippen molar-refractivity contribution in [3.8, 4) is 11.3 Å². The zero-order valence-corrected chi connectivity index (χ0v) is 9.55. The quantitative estimate of drug-likeness (QED) is 0.798. The molecule has 3 nitrogen and oxygen atoms in total. The lowest BCUT2D eigenvalue weighted by Gasteiger charge is -2.24. The highest BCUT2D eigenvalue weighted by molar-refractivity contribution is 6.30. The monoisotopic (exact) mass is 236 g/mol. The van der Waals surface area contributed by atoms with Crippen molar-refractivity contribution < 1.29 is 4.42 Å². The lowest BCUT2D eigenvalue weighted by atomic mass is 10.1. The van der Waals surface area contributed by atoms with Crippen LogP contribution in [0.2, 0.25) is 5.02 Å². The Bertz CT molecular complexity index is 462. The van der Waals surface area contributed by atoms with Gasteiger partial charge in [-0.1, -0.05) is 23.7 Å². The minimum atomic E-state index is 0.330. The average Bonchev–Trinajstić information content (AvgIpc) is 2.73. The largest absolute Gasteiger partial charge is 0.462 e.